The highest BCUT2D eigenvalue weighted by Gasteiger charge is 2.29. The van der Waals surface area contributed by atoms with E-state index in [1.54, 1.807) is 0 Å². The maximum absolute atomic E-state index is 4.55. The summed E-state index contributed by atoms with van der Waals surface area (Å²) in [7, 11) is 4.10. The average Bonchev–Trinajstić information content (AvgIpc) is 3.12. The first kappa shape index (κ1) is 16.7. The number of benzene rings is 1. The Balaban J connectivity index is 1.38. The number of nitrogens with one attached hydrogen (secondary N) is 2. The fourth-order valence-electron chi connectivity index (χ4n) is 3.72. The summed E-state index contributed by atoms with van der Waals surface area (Å²) in [5.74, 6) is 0. The van der Waals surface area contributed by atoms with Gasteiger partial charge in [0.15, 0.2) is 0 Å². The molecular formula is C23H23N5. The smallest absolute Gasteiger partial charge is 0.122 e. The molecule has 4 aliphatic rings. The van der Waals surface area contributed by atoms with Gasteiger partial charge in [-0.3, -0.25) is 4.99 Å². The van der Waals surface area contributed by atoms with Gasteiger partial charge in [0, 0.05) is 61.6 Å². The van der Waals surface area contributed by atoms with Crippen LogP contribution >= 0.6 is 0 Å². The van der Waals surface area contributed by atoms with Crippen LogP contribution < -0.4 is 15.5 Å². The maximum atomic E-state index is 4.55. The third kappa shape index (κ3) is 2.76. The number of fused-ring (bicyclic) bond motifs is 1. The molecule has 0 aromatic heterocycles. The van der Waals surface area contributed by atoms with Gasteiger partial charge < -0.3 is 20.4 Å². The molecule has 28 heavy (non-hydrogen) atoms. The molecule has 0 saturated carbocycles. The summed E-state index contributed by atoms with van der Waals surface area (Å²) >= 11 is 0. The van der Waals surface area contributed by atoms with Crippen LogP contribution in [0.1, 0.15) is 5.56 Å². The summed E-state index contributed by atoms with van der Waals surface area (Å²) in [5, 5.41) is 6.88. The van der Waals surface area contributed by atoms with Gasteiger partial charge in [-0.15, -0.1) is 0 Å². The van der Waals surface area contributed by atoms with Crippen LogP contribution in [0.4, 0.5) is 5.69 Å². The summed E-state index contributed by atoms with van der Waals surface area (Å²) < 4.78 is 0. The third-order valence-electron chi connectivity index (χ3n) is 5.34. The molecule has 0 bridgehead atoms. The largest absolute Gasteiger partial charge is 0.380 e. The van der Waals surface area contributed by atoms with Crippen LogP contribution in [0.3, 0.4) is 0 Å². The minimum absolute atomic E-state index is 0.160. The molecule has 4 heterocycles. The quantitative estimate of drug-likeness (QED) is 0.856. The Kier molecular flexibility index (Phi) is 3.93. The predicted octanol–water partition coefficient (Wildman–Crippen LogP) is 3.01. The number of rotatable bonds is 4. The molecule has 4 aliphatic heterocycles. The molecule has 1 aromatic rings. The molecule has 0 amide bonds. The summed E-state index contributed by atoms with van der Waals surface area (Å²) in [4.78, 5) is 8.93. The lowest BCUT2D eigenvalue weighted by Crippen LogP contribution is -2.35. The van der Waals surface area contributed by atoms with E-state index in [9.17, 15) is 0 Å². The Morgan fingerprint density at radius 3 is 2.71 bits per heavy atom. The Bertz CT molecular complexity index is 1020. The van der Waals surface area contributed by atoms with Crippen molar-refractivity contribution in [3.8, 4) is 0 Å². The normalized spacial score (nSPS) is 22.0. The van der Waals surface area contributed by atoms with Gasteiger partial charge in [-0.1, -0.05) is 30.4 Å². The molecule has 0 saturated heterocycles. The highest BCUT2D eigenvalue weighted by atomic mass is 15.3. The monoisotopic (exact) mass is 369 g/mol. The second-order valence-corrected chi connectivity index (χ2v) is 7.34. The lowest BCUT2D eigenvalue weighted by atomic mass is 9.92. The van der Waals surface area contributed by atoms with Crippen molar-refractivity contribution in [1.29, 1.82) is 0 Å². The van der Waals surface area contributed by atoms with Crippen molar-refractivity contribution in [3.63, 3.8) is 0 Å². The summed E-state index contributed by atoms with van der Waals surface area (Å²) in [6.45, 7) is 0.860. The van der Waals surface area contributed by atoms with Crippen molar-refractivity contribution in [2.75, 3.05) is 25.5 Å². The van der Waals surface area contributed by atoms with Crippen molar-refractivity contribution < 1.29 is 0 Å². The van der Waals surface area contributed by atoms with E-state index in [0.29, 0.717) is 0 Å². The Labute approximate surface area is 165 Å². The molecule has 1 atom stereocenters. The van der Waals surface area contributed by atoms with Crippen molar-refractivity contribution in [2.45, 2.75) is 6.17 Å². The van der Waals surface area contributed by atoms with Crippen LogP contribution in [0.25, 0.3) is 0 Å². The first-order chi connectivity index (χ1) is 13.7. The van der Waals surface area contributed by atoms with E-state index in [-0.39, 0.29) is 6.17 Å². The van der Waals surface area contributed by atoms with Gasteiger partial charge in [0.1, 0.15) is 6.17 Å². The number of aliphatic imine (C=N–C) groups is 1. The van der Waals surface area contributed by atoms with Gasteiger partial charge in [-0.25, -0.2) is 0 Å². The molecule has 0 fully saturated rings. The number of hydrogen-bond acceptors (Lipinski definition) is 5. The molecule has 5 nitrogen and oxygen atoms in total. The summed E-state index contributed by atoms with van der Waals surface area (Å²) in [5.41, 5.74) is 8.05. The molecular weight excluding hydrogens is 346 g/mol. The van der Waals surface area contributed by atoms with E-state index in [4.69, 9.17) is 0 Å². The third-order valence-corrected chi connectivity index (χ3v) is 5.34. The van der Waals surface area contributed by atoms with Gasteiger partial charge >= 0.3 is 0 Å². The maximum Gasteiger partial charge on any atom is 0.122 e. The van der Waals surface area contributed by atoms with Crippen LogP contribution in [0, 0.1) is 0 Å². The average molecular weight is 369 g/mol. The summed E-state index contributed by atoms with van der Waals surface area (Å²) in [6, 6.07) is 8.55. The van der Waals surface area contributed by atoms with Gasteiger partial charge in [0.05, 0.1) is 17.1 Å². The Hall–Kier alpha value is -3.47. The number of anilines is 1. The molecule has 0 spiro atoms. The van der Waals surface area contributed by atoms with E-state index >= 15 is 0 Å². The highest BCUT2D eigenvalue weighted by Crippen LogP contribution is 2.32. The fraction of sp³-hybridized carbons (Fsp3) is 0.174. The Morgan fingerprint density at radius 2 is 2.04 bits per heavy atom. The number of nitrogens with zero attached hydrogens (tertiary/aromatic N) is 3. The standard InChI is InChI=1S/C23H23N5/c1-27(2)18-9-6-16(7-10-18)23-19(13-26-23)17-8-11-22-25-14-21(28(22)15-17)20-5-3-4-12-24-20/h3-11,13-15,22,24-25H,12H2,1-2H3. The fourth-order valence-corrected chi connectivity index (χ4v) is 3.72. The predicted molar refractivity (Wildman–Crippen MR) is 115 cm³/mol. The molecule has 140 valence electrons. The van der Waals surface area contributed by atoms with Crippen molar-refractivity contribution in [2.24, 2.45) is 4.99 Å². The van der Waals surface area contributed by atoms with Gasteiger partial charge in [0.2, 0.25) is 0 Å². The first-order valence-electron chi connectivity index (χ1n) is 9.53. The van der Waals surface area contributed by atoms with Crippen LogP contribution in [0.15, 0.2) is 101 Å². The van der Waals surface area contributed by atoms with Gasteiger partial charge in [-0.2, -0.15) is 0 Å². The number of allylic oxidation sites excluding steroid dienone is 5. The van der Waals surface area contributed by atoms with Gasteiger partial charge in [0.25, 0.3) is 0 Å². The summed E-state index contributed by atoms with van der Waals surface area (Å²) in [6.07, 6.45) is 17.1. The lowest BCUT2D eigenvalue weighted by molar-refractivity contribution is 0.399. The zero-order chi connectivity index (χ0) is 19.1. The minimum atomic E-state index is 0.160. The Morgan fingerprint density at radius 1 is 1.18 bits per heavy atom. The van der Waals surface area contributed by atoms with E-state index < -0.39 is 0 Å². The minimum Gasteiger partial charge on any atom is -0.380 e. The van der Waals surface area contributed by atoms with Crippen molar-refractivity contribution in [3.05, 3.63) is 101 Å². The molecule has 1 unspecified atom stereocenters. The molecule has 1 aromatic carbocycles. The second kappa shape index (κ2) is 6.60. The van der Waals surface area contributed by atoms with Gasteiger partial charge in [-0.05, 0) is 24.3 Å². The molecule has 0 radical (unpaired) electrons. The zero-order valence-electron chi connectivity index (χ0n) is 16.1. The van der Waals surface area contributed by atoms with E-state index in [1.807, 2.05) is 6.20 Å². The van der Waals surface area contributed by atoms with Crippen molar-refractivity contribution >= 4 is 11.4 Å². The first-order valence-corrected chi connectivity index (χ1v) is 9.53. The second-order valence-electron chi connectivity index (χ2n) is 7.34. The van der Waals surface area contributed by atoms with E-state index in [0.717, 1.165) is 29.2 Å². The molecule has 5 heteroatoms. The van der Waals surface area contributed by atoms with E-state index in [1.165, 1.54) is 16.8 Å². The highest BCUT2D eigenvalue weighted by molar-refractivity contribution is 6.19. The van der Waals surface area contributed by atoms with E-state index in [2.05, 4.69) is 107 Å². The van der Waals surface area contributed by atoms with Crippen LogP contribution in [0.2, 0.25) is 0 Å². The topological polar surface area (TPSA) is 42.9 Å². The van der Waals surface area contributed by atoms with Crippen LogP contribution in [-0.4, -0.2) is 37.4 Å². The van der Waals surface area contributed by atoms with Crippen molar-refractivity contribution in [1.82, 2.24) is 15.5 Å². The molecule has 2 N–H and O–H groups in total. The molecule has 5 rings (SSSR count). The molecule has 0 aliphatic carbocycles. The lowest BCUT2D eigenvalue weighted by Gasteiger charge is -2.30. The number of hydrogen-bond donors (Lipinski definition) is 2. The van der Waals surface area contributed by atoms with Crippen LogP contribution in [-0.2, 0) is 0 Å². The number of dihydropyridines is 1. The van der Waals surface area contributed by atoms with Crippen LogP contribution in [0.5, 0.6) is 0 Å². The SMILES string of the molecule is CN(C)c1ccc(C2=NC=C2C2=CN3C(C4=CC=CCN4)=CNC3C=C2)cc1. The zero-order valence-corrected chi connectivity index (χ0v) is 16.1.